The number of fused-ring (bicyclic) bond motifs is 1. The van der Waals surface area contributed by atoms with Crippen LogP contribution in [0.15, 0.2) is 11.4 Å². The Bertz CT molecular complexity index is 746. The molecular weight excluding hydrogens is 348 g/mol. The number of hydrogen-bond acceptors (Lipinski definition) is 5. The van der Waals surface area contributed by atoms with E-state index in [9.17, 15) is 4.79 Å². The molecule has 23 heavy (non-hydrogen) atoms. The van der Waals surface area contributed by atoms with Crippen LogP contribution in [0.1, 0.15) is 41.4 Å². The monoisotopic (exact) mass is 368 g/mol. The molecule has 0 saturated heterocycles. The lowest BCUT2D eigenvalue weighted by Gasteiger charge is -2.21. The standard InChI is InChI=1S/C15H20N4OS3/c1-9(2)19-12(17-18-15(19)21)3-6-16-14(20)13-10-4-7-22-11(10)5-8-23-13/h4,7,9,13H,3,5-6,8H2,1-2H3,(H,16,20)(H,18,21)/t13-/m1/s1. The van der Waals surface area contributed by atoms with Crippen LogP contribution in [0, 0.1) is 4.77 Å². The quantitative estimate of drug-likeness (QED) is 0.795. The van der Waals surface area contributed by atoms with Gasteiger partial charge in [-0.05, 0) is 55.2 Å². The molecule has 0 aliphatic carbocycles. The third-order valence-electron chi connectivity index (χ3n) is 3.86. The number of carbonyl (C=O) groups excluding carboxylic acids is 1. The van der Waals surface area contributed by atoms with Crippen molar-refractivity contribution in [3.63, 3.8) is 0 Å². The summed E-state index contributed by atoms with van der Waals surface area (Å²) in [5, 5.41) is 12.2. The molecule has 1 atom stereocenters. The molecule has 3 rings (SSSR count). The van der Waals surface area contributed by atoms with Crippen molar-refractivity contribution in [2.75, 3.05) is 12.3 Å². The summed E-state index contributed by atoms with van der Waals surface area (Å²) in [6, 6.07) is 2.34. The number of amides is 1. The Morgan fingerprint density at radius 2 is 2.43 bits per heavy atom. The van der Waals surface area contributed by atoms with Gasteiger partial charge in [0.1, 0.15) is 11.1 Å². The minimum atomic E-state index is -0.0732. The van der Waals surface area contributed by atoms with Crippen LogP contribution in [0.4, 0.5) is 0 Å². The molecule has 0 fully saturated rings. The number of hydrogen-bond donors (Lipinski definition) is 2. The maximum absolute atomic E-state index is 12.5. The van der Waals surface area contributed by atoms with Crippen LogP contribution in [-0.2, 0) is 17.6 Å². The van der Waals surface area contributed by atoms with Gasteiger partial charge in [-0.1, -0.05) is 0 Å². The van der Waals surface area contributed by atoms with Gasteiger partial charge in [-0.3, -0.25) is 9.89 Å². The summed E-state index contributed by atoms with van der Waals surface area (Å²) >= 11 is 8.72. The van der Waals surface area contributed by atoms with E-state index in [0.29, 0.717) is 17.7 Å². The van der Waals surface area contributed by atoms with E-state index in [1.165, 1.54) is 10.4 Å². The molecule has 0 radical (unpaired) electrons. The number of thioether (sulfide) groups is 1. The second-order valence-electron chi connectivity index (χ2n) is 5.75. The Balaban J connectivity index is 1.60. The van der Waals surface area contributed by atoms with E-state index in [0.717, 1.165) is 18.0 Å². The number of aryl methyl sites for hydroxylation is 1. The average molecular weight is 369 g/mol. The highest BCUT2D eigenvalue weighted by atomic mass is 32.2. The van der Waals surface area contributed by atoms with E-state index in [1.54, 1.807) is 23.1 Å². The molecule has 2 aromatic heterocycles. The highest BCUT2D eigenvalue weighted by Gasteiger charge is 2.27. The number of thiophene rings is 1. The highest BCUT2D eigenvalue weighted by Crippen LogP contribution is 2.39. The Labute approximate surface area is 148 Å². The Hall–Kier alpha value is -1.12. The molecular formula is C15H20N4OS3. The summed E-state index contributed by atoms with van der Waals surface area (Å²) < 4.78 is 2.63. The molecule has 1 aliphatic rings. The fourth-order valence-electron chi connectivity index (χ4n) is 2.80. The van der Waals surface area contributed by atoms with Crippen molar-refractivity contribution >= 4 is 41.2 Å². The molecule has 2 aromatic rings. The van der Waals surface area contributed by atoms with Crippen LogP contribution in [0.25, 0.3) is 0 Å². The lowest BCUT2D eigenvalue weighted by molar-refractivity contribution is -0.120. The zero-order valence-corrected chi connectivity index (χ0v) is 15.6. The van der Waals surface area contributed by atoms with Crippen LogP contribution in [0.2, 0.25) is 0 Å². The predicted octanol–water partition coefficient (Wildman–Crippen LogP) is 3.27. The van der Waals surface area contributed by atoms with Crippen LogP contribution in [0.3, 0.4) is 0 Å². The van der Waals surface area contributed by atoms with Crippen molar-refractivity contribution in [1.82, 2.24) is 20.1 Å². The van der Waals surface area contributed by atoms with Crippen molar-refractivity contribution in [2.45, 2.75) is 38.0 Å². The Morgan fingerprint density at radius 1 is 1.61 bits per heavy atom. The number of H-pyrrole nitrogens is 1. The second-order valence-corrected chi connectivity index (χ2v) is 8.35. The van der Waals surface area contributed by atoms with E-state index in [1.807, 2.05) is 4.57 Å². The minimum absolute atomic E-state index is 0.0732. The molecule has 0 bridgehead atoms. The van der Waals surface area contributed by atoms with Crippen molar-refractivity contribution in [3.8, 4) is 0 Å². The van der Waals surface area contributed by atoms with Gasteiger partial charge in [0.15, 0.2) is 4.77 Å². The van der Waals surface area contributed by atoms with E-state index >= 15 is 0 Å². The van der Waals surface area contributed by atoms with Gasteiger partial charge in [0, 0.05) is 23.9 Å². The Morgan fingerprint density at radius 3 is 3.22 bits per heavy atom. The first-order valence-corrected chi connectivity index (χ1v) is 10.0. The summed E-state index contributed by atoms with van der Waals surface area (Å²) in [5.41, 5.74) is 1.19. The normalized spacial score (nSPS) is 17.3. The fourth-order valence-corrected chi connectivity index (χ4v) is 5.48. The smallest absolute Gasteiger partial charge is 0.237 e. The molecule has 1 aliphatic heterocycles. The average Bonchev–Trinajstić information content (AvgIpc) is 3.13. The van der Waals surface area contributed by atoms with Crippen LogP contribution in [0.5, 0.6) is 0 Å². The maximum atomic E-state index is 12.5. The van der Waals surface area contributed by atoms with Gasteiger partial charge in [-0.15, -0.1) is 23.1 Å². The molecule has 1 amide bonds. The molecule has 2 N–H and O–H groups in total. The van der Waals surface area contributed by atoms with Crippen molar-refractivity contribution in [3.05, 3.63) is 32.5 Å². The summed E-state index contributed by atoms with van der Waals surface area (Å²) in [5.74, 6) is 2.00. The van der Waals surface area contributed by atoms with Crippen LogP contribution < -0.4 is 5.32 Å². The number of carbonyl (C=O) groups is 1. The number of nitrogens with zero attached hydrogens (tertiary/aromatic N) is 2. The number of aromatic amines is 1. The fraction of sp³-hybridized carbons (Fsp3) is 0.533. The van der Waals surface area contributed by atoms with Gasteiger partial charge < -0.3 is 9.88 Å². The summed E-state index contributed by atoms with van der Waals surface area (Å²) in [4.78, 5) is 13.8. The summed E-state index contributed by atoms with van der Waals surface area (Å²) in [7, 11) is 0. The van der Waals surface area contributed by atoms with Crippen molar-refractivity contribution in [1.29, 1.82) is 0 Å². The Kier molecular flexibility index (Phi) is 5.23. The van der Waals surface area contributed by atoms with Gasteiger partial charge in [-0.2, -0.15) is 5.10 Å². The third kappa shape index (κ3) is 3.54. The summed E-state index contributed by atoms with van der Waals surface area (Å²) in [6.07, 6.45) is 1.75. The molecule has 0 spiro atoms. The van der Waals surface area contributed by atoms with Gasteiger partial charge >= 0.3 is 0 Å². The van der Waals surface area contributed by atoms with E-state index in [4.69, 9.17) is 12.2 Å². The lowest BCUT2D eigenvalue weighted by atomic mass is 10.1. The molecule has 0 saturated carbocycles. The third-order valence-corrected chi connectivity index (χ3v) is 6.38. The first-order chi connectivity index (χ1) is 11.1. The number of rotatable bonds is 5. The van der Waals surface area contributed by atoms with E-state index < -0.39 is 0 Å². The number of aromatic nitrogens is 3. The largest absolute Gasteiger partial charge is 0.354 e. The van der Waals surface area contributed by atoms with Crippen molar-refractivity contribution < 1.29 is 4.79 Å². The highest BCUT2D eigenvalue weighted by molar-refractivity contribution is 8.00. The van der Waals surface area contributed by atoms with Crippen LogP contribution >= 0.6 is 35.3 Å². The summed E-state index contributed by atoms with van der Waals surface area (Å²) in [6.45, 7) is 4.72. The predicted molar refractivity (Wildman–Crippen MR) is 97.7 cm³/mol. The zero-order chi connectivity index (χ0) is 16.4. The van der Waals surface area contributed by atoms with Gasteiger partial charge in [0.2, 0.25) is 5.91 Å². The molecule has 124 valence electrons. The van der Waals surface area contributed by atoms with Crippen molar-refractivity contribution in [2.24, 2.45) is 0 Å². The maximum Gasteiger partial charge on any atom is 0.237 e. The number of nitrogens with one attached hydrogen (secondary N) is 2. The molecule has 8 heteroatoms. The molecule has 0 aromatic carbocycles. The molecule has 0 unspecified atom stereocenters. The van der Waals surface area contributed by atoms with E-state index in [2.05, 4.69) is 40.8 Å². The van der Waals surface area contributed by atoms with Gasteiger partial charge in [0.25, 0.3) is 0 Å². The zero-order valence-electron chi connectivity index (χ0n) is 13.2. The first-order valence-electron chi connectivity index (χ1n) is 7.69. The first kappa shape index (κ1) is 16.7. The van der Waals surface area contributed by atoms with Gasteiger partial charge in [-0.25, -0.2) is 0 Å². The molecule has 5 nitrogen and oxygen atoms in total. The topological polar surface area (TPSA) is 62.7 Å². The van der Waals surface area contributed by atoms with Gasteiger partial charge in [0.05, 0.1) is 0 Å². The molecule has 3 heterocycles. The van der Waals surface area contributed by atoms with Crippen LogP contribution in [-0.4, -0.2) is 33.0 Å². The van der Waals surface area contributed by atoms with E-state index in [-0.39, 0.29) is 17.2 Å². The minimum Gasteiger partial charge on any atom is -0.354 e. The lowest BCUT2D eigenvalue weighted by Crippen LogP contribution is -2.31. The SMILES string of the molecule is CC(C)n1c(CCNC(=O)[C@@H]2SCCc3sccc32)n[nH]c1=S. The second kappa shape index (κ2) is 7.19.